The highest BCUT2D eigenvalue weighted by molar-refractivity contribution is 6.61. The zero-order chi connectivity index (χ0) is 33.5. The molecule has 4 N–H and O–H groups in total. The van der Waals surface area contributed by atoms with Gasteiger partial charge in [0, 0.05) is 77.9 Å². The molecule has 0 atom stereocenters. The molecule has 0 radical (unpaired) electrons. The number of unbranched alkanes of at least 4 members (excludes halogenated alkanes) is 8. The van der Waals surface area contributed by atoms with Crippen LogP contribution in [0.1, 0.15) is 112 Å². The van der Waals surface area contributed by atoms with Gasteiger partial charge in [-0.15, -0.1) is 0 Å². The summed E-state index contributed by atoms with van der Waals surface area (Å²) in [6.45, 7) is 17.6. The Morgan fingerprint density at radius 3 is 0.844 bits per heavy atom. The summed E-state index contributed by atoms with van der Waals surface area (Å²) in [6, 6.07) is 1.15. The van der Waals surface area contributed by atoms with Crippen molar-refractivity contribution in [3.05, 3.63) is 0 Å². The summed E-state index contributed by atoms with van der Waals surface area (Å²) in [5, 5.41) is 11.7. The van der Waals surface area contributed by atoms with Crippen LogP contribution in [0.3, 0.4) is 0 Å². The Hall–Kier alpha value is -1.27. The van der Waals surface area contributed by atoms with Crippen molar-refractivity contribution < 1.29 is 36.1 Å². The molecule has 0 bridgehead atoms. The van der Waals surface area contributed by atoms with E-state index in [1.54, 1.807) is 0 Å². The van der Waals surface area contributed by atoms with Gasteiger partial charge in [-0.3, -0.25) is 0 Å². The fourth-order valence-electron chi connectivity index (χ4n) is 5.03. The highest BCUT2D eigenvalue weighted by Crippen LogP contribution is 2.19. The summed E-state index contributed by atoms with van der Waals surface area (Å²) in [5.41, 5.74) is 0. The second-order valence-electron chi connectivity index (χ2n) is 10.7. The minimum atomic E-state index is -2.64. The van der Waals surface area contributed by atoms with Crippen molar-refractivity contribution in [2.75, 3.05) is 65.8 Å². The summed E-state index contributed by atoms with van der Waals surface area (Å²) in [7, 11) is -5.29. The first-order valence-electron chi connectivity index (χ1n) is 17.7. The molecule has 0 aliphatic rings. The summed E-state index contributed by atoms with van der Waals surface area (Å²) >= 11 is 0. The first kappa shape index (κ1) is 43.7. The summed E-state index contributed by atoms with van der Waals surface area (Å²) < 4.78 is 35.1. The summed E-state index contributed by atoms with van der Waals surface area (Å²) in [5.74, 6) is 0. The van der Waals surface area contributed by atoms with E-state index in [9.17, 15) is 9.59 Å². The predicted octanol–water partition coefficient (Wildman–Crippen LogP) is 5.97. The van der Waals surface area contributed by atoms with Crippen LogP contribution in [0.25, 0.3) is 0 Å². The molecule has 0 fully saturated rings. The number of hydrogen-bond acceptors (Lipinski definition) is 8. The number of rotatable bonds is 32. The number of urea groups is 2. The lowest BCUT2D eigenvalue weighted by molar-refractivity contribution is 0.0700. The Balaban J connectivity index is 3.68. The van der Waals surface area contributed by atoms with Crippen LogP contribution >= 0.6 is 0 Å². The number of amides is 4. The molecule has 0 aromatic heterocycles. The SMILES string of the molecule is CCO[Si](CCCNC(=O)NCCCCCCCCCCCNC(=O)NCCC[Si](OCC)(OCC)OCC)(OCC)OCC. The number of nitrogens with one attached hydrogen (secondary N) is 4. The third kappa shape index (κ3) is 23.7. The second kappa shape index (κ2) is 30.1. The quantitative estimate of drug-likeness (QED) is 0.0504. The molecular formula is C31H68N4O8Si2. The van der Waals surface area contributed by atoms with Crippen LogP contribution in [0.2, 0.25) is 12.1 Å². The Morgan fingerprint density at radius 1 is 0.378 bits per heavy atom. The van der Waals surface area contributed by atoms with Crippen molar-refractivity contribution in [1.29, 1.82) is 0 Å². The molecule has 0 saturated heterocycles. The van der Waals surface area contributed by atoms with Crippen molar-refractivity contribution in [2.24, 2.45) is 0 Å². The Kier molecular flexibility index (Phi) is 29.2. The number of hydrogen-bond donors (Lipinski definition) is 4. The van der Waals surface area contributed by atoms with E-state index in [0.29, 0.717) is 77.9 Å². The van der Waals surface area contributed by atoms with Crippen LogP contribution in [0, 0.1) is 0 Å². The maximum Gasteiger partial charge on any atom is 0.500 e. The van der Waals surface area contributed by atoms with E-state index in [-0.39, 0.29) is 12.1 Å². The summed E-state index contributed by atoms with van der Waals surface area (Å²) in [4.78, 5) is 24.1. The average molecular weight is 681 g/mol. The van der Waals surface area contributed by atoms with E-state index in [4.69, 9.17) is 26.6 Å². The Labute approximate surface area is 276 Å². The van der Waals surface area contributed by atoms with Gasteiger partial charge < -0.3 is 47.8 Å². The lowest BCUT2D eigenvalue weighted by Crippen LogP contribution is -2.46. The summed E-state index contributed by atoms with van der Waals surface area (Å²) in [6.07, 6.45) is 11.8. The van der Waals surface area contributed by atoms with Gasteiger partial charge in [0.2, 0.25) is 0 Å². The van der Waals surface area contributed by atoms with E-state index in [1.165, 1.54) is 32.1 Å². The smallest absolute Gasteiger partial charge is 0.374 e. The van der Waals surface area contributed by atoms with E-state index in [0.717, 1.165) is 38.5 Å². The highest BCUT2D eigenvalue weighted by Gasteiger charge is 2.40. The maximum atomic E-state index is 12.1. The minimum absolute atomic E-state index is 0.122. The third-order valence-corrected chi connectivity index (χ3v) is 13.3. The van der Waals surface area contributed by atoms with Crippen molar-refractivity contribution in [2.45, 2.75) is 124 Å². The maximum absolute atomic E-state index is 12.1. The molecule has 0 heterocycles. The lowest BCUT2D eigenvalue weighted by Gasteiger charge is -2.28. The van der Waals surface area contributed by atoms with Crippen LogP contribution in [0.5, 0.6) is 0 Å². The molecule has 4 amide bonds. The topological polar surface area (TPSA) is 138 Å². The van der Waals surface area contributed by atoms with Crippen LogP contribution in [0.4, 0.5) is 9.59 Å². The van der Waals surface area contributed by atoms with Crippen molar-refractivity contribution in [3.8, 4) is 0 Å². The molecule has 0 unspecified atom stereocenters. The lowest BCUT2D eigenvalue weighted by atomic mass is 10.1. The van der Waals surface area contributed by atoms with Crippen LogP contribution in [-0.4, -0.2) is 95.5 Å². The molecule has 0 aliphatic carbocycles. The van der Waals surface area contributed by atoms with Gasteiger partial charge in [-0.1, -0.05) is 44.9 Å². The highest BCUT2D eigenvalue weighted by atomic mass is 28.4. The molecule has 45 heavy (non-hydrogen) atoms. The molecule has 0 spiro atoms. The molecule has 12 nitrogen and oxygen atoms in total. The van der Waals surface area contributed by atoms with Gasteiger partial charge in [0.1, 0.15) is 0 Å². The zero-order valence-corrected chi connectivity index (χ0v) is 31.5. The van der Waals surface area contributed by atoms with Gasteiger partial charge >= 0.3 is 29.7 Å². The number of carbonyl (C=O) groups is 2. The van der Waals surface area contributed by atoms with Gasteiger partial charge in [0.15, 0.2) is 0 Å². The van der Waals surface area contributed by atoms with Crippen LogP contribution in [0.15, 0.2) is 0 Å². The molecule has 0 rings (SSSR count). The van der Waals surface area contributed by atoms with Crippen molar-refractivity contribution >= 4 is 29.7 Å². The third-order valence-electron chi connectivity index (χ3n) is 7.00. The largest absolute Gasteiger partial charge is 0.500 e. The molecule has 0 saturated carbocycles. The monoisotopic (exact) mass is 680 g/mol. The first-order valence-corrected chi connectivity index (χ1v) is 21.6. The minimum Gasteiger partial charge on any atom is -0.374 e. The second-order valence-corrected chi connectivity index (χ2v) is 16.2. The van der Waals surface area contributed by atoms with Crippen molar-refractivity contribution in [1.82, 2.24) is 21.3 Å². The normalized spacial score (nSPS) is 11.9. The van der Waals surface area contributed by atoms with E-state index < -0.39 is 17.6 Å². The molecule has 268 valence electrons. The Morgan fingerprint density at radius 2 is 0.600 bits per heavy atom. The average Bonchev–Trinajstić information content (AvgIpc) is 3.01. The van der Waals surface area contributed by atoms with E-state index in [2.05, 4.69) is 21.3 Å². The van der Waals surface area contributed by atoms with Gasteiger partial charge in [0.05, 0.1) is 0 Å². The standard InChI is InChI=1S/C31H68N4O8Si2/c1-7-38-44(39-8-2,40-9-3)28-22-26-34-30(36)32-24-20-18-16-14-13-15-17-19-21-25-33-31(37)35-27-23-29-45(41-10-4,42-11-5)43-12-6/h7-29H2,1-6H3,(H2,32,34,36)(H2,33,35,37). The van der Waals surface area contributed by atoms with Gasteiger partial charge in [-0.2, -0.15) is 0 Å². The first-order chi connectivity index (χ1) is 21.9. The van der Waals surface area contributed by atoms with Crippen molar-refractivity contribution in [3.63, 3.8) is 0 Å². The molecule has 0 aromatic carbocycles. The molecule has 14 heteroatoms. The molecular weight excluding hydrogens is 613 g/mol. The van der Waals surface area contributed by atoms with Gasteiger partial charge in [0.25, 0.3) is 0 Å². The van der Waals surface area contributed by atoms with Crippen LogP contribution in [-0.2, 0) is 26.6 Å². The van der Waals surface area contributed by atoms with Gasteiger partial charge in [-0.05, 0) is 67.2 Å². The molecule has 0 aliphatic heterocycles. The zero-order valence-electron chi connectivity index (χ0n) is 29.5. The predicted molar refractivity (Wildman–Crippen MR) is 184 cm³/mol. The fourth-order valence-corrected chi connectivity index (χ4v) is 10.3. The van der Waals surface area contributed by atoms with E-state index in [1.807, 2.05) is 41.5 Å². The number of carbonyl (C=O) groups excluding carboxylic acids is 2. The fraction of sp³-hybridized carbons (Fsp3) is 0.935. The Bertz CT molecular complexity index is 622. The van der Waals surface area contributed by atoms with Crippen LogP contribution < -0.4 is 21.3 Å². The van der Waals surface area contributed by atoms with E-state index >= 15 is 0 Å². The van der Waals surface area contributed by atoms with Gasteiger partial charge in [-0.25, -0.2) is 9.59 Å². The molecule has 0 aromatic rings.